The molecule has 1 N–H and O–H groups in total. The summed E-state index contributed by atoms with van der Waals surface area (Å²) in [5, 5.41) is 3.16. The normalized spacial score (nSPS) is 12.7. The summed E-state index contributed by atoms with van der Waals surface area (Å²) in [7, 11) is 0. The van der Waals surface area contributed by atoms with E-state index in [1.54, 1.807) is 0 Å². The van der Waals surface area contributed by atoms with Crippen LogP contribution in [0.2, 0.25) is 0 Å². The number of aryl methyl sites for hydroxylation is 2. The molecule has 2 rings (SSSR count). The predicted molar refractivity (Wildman–Crippen MR) is 66.1 cm³/mol. The lowest BCUT2D eigenvalue weighted by Gasteiger charge is -2.07. The zero-order chi connectivity index (χ0) is 12.4. The number of hydrogen-bond donors (Lipinski definition) is 1. The van der Waals surface area contributed by atoms with E-state index >= 15 is 0 Å². The third-order valence-corrected chi connectivity index (χ3v) is 3.05. The highest BCUT2D eigenvalue weighted by Gasteiger charge is 2.16. The highest BCUT2D eigenvalue weighted by atomic mass is 15.3. The summed E-state index contributed by atoms with van der Waals surface area (Å²) in [5.41, 5.74) is 3.20. The standard InChI is InChI=1S/C13H18N4/c1-5-10(3)13-14-7-12(11(4)16-13)17-8-9(2)6-15-17/h6-8,10H,5H2,1-4H3/p+1. The van der Waals surface area contributed by atoms with Crippen LogP contribution in [0.3, 0.4) is 0 Å². The Hall–Kier alpha value is -1.71. The smallest absolute Gasteiger partial charge is 0.234 e. The van der Waals surface area contributed by atoms with Crippen LogP contribution in [0.25, 0.3) is 5.69 Å². The molecule has 0 aliphatic carbocycles. The second kappa shape index (κ2) is 4.65. The first-order chi connectivity index (χ1) is 8.11. The average Bonchev–Trinajstić information content (AvgIpc) is 2.74. The SMILES string of the molecule is CCC(C)c1ncc(-[n+]2cc(C)c[nH]2)c(C)n1. The molecule has 0 fully saturated rings. The molecule has 4 nitrogen and oxygen atoms in total. The minimum Gasteiger partial charge on any atom is -0.234 e. The number of nitrogens with zero attached hydrogens (tertiary/aromatic N) is 3. The van der Waals surface area contributed by atoms with Crippen LogP contribution in [0.5, 0.6) is 0 Å². The quantitative estimate of drug-likeness (QED) is 0.823. The molecule has 2 aromatic heterocycles. The maximum absolute atomic E-state index is 4.58. The minimum absolute atomic E-state index is 0.415. The van der Waals surface area contributed by atoms with E-state index in [0.717, 1.165) is 23.6 Å². The van der Waals surface area contributed by atoms with Gasteiger partial charge in [-0.1, -0.05) is 18.5 Å². The van der Waals surface area contributed by atoms with E-state index in [4.69, 9.17) is 0 Å². The van der Waals surface area contributed by atoms with Crippen LogP contribution in [0.15, 0.2) is 18.6 Å². The summed E-state index contributed by atoms with van der Waals surface area (Å²) in [6, 6.07) is 0. The van der Waals surface area contributed by atoms with Crippen molar-refractivity contribution in [2.24, 2.45) is 0 Å². The van der Waals surface area contributed by atoms with Crippen molar-refractivity contribution in [2.75, 3.05) is 0 Å². The van der Waals surface area contributed by atoms with Crippen molar-refractivity contribution in [1.29, 1.82) is 0 Å². The lowest BCUT2D eigenvalue weighted by molar-refractivity contribution is -0.656. The lowest BCUT2D eigenvalue weighted by atomic mass is 10.1. The van der Waals surface area contributed by atoms with Crippen molar-refractivity contribution in [2.45, 2.75) is 40.0 Å². The van der Waals surface area contributed by atoms with Crippen molar-refractivity contribution in [1.82, 2.24) is 15.1 Å². The summed E-state index contributed by atoms with van der Waals surface area (Å²) in [4.78, 5) is 9.02. The van der Waals surface area contributed by atoms with Gasteiger partial charge < -0.3 is 0 Å². The third kappa shape index (κ3) is 2.35. The molecule has 0 aromatic carbocycles. The van der Waals surface area contributed by atoms with Gasteiger partial charge in [-0.15, -0.1) is 0 Å². The number of nitrogens with one attached hydrogen (secondary N) is 1. The van der Waals surface area contributed by atoms with Crippen LogP contribution in [0.1, 0.15) is 43.3 Å². The van der Waals surface area contributed by atoms with Crippen molar-refractivity contribution >= 4 is 0 Å². The van der Waals surface area contributed by atoms with E-state index < -0.39 is 0 Å². The fourth-order valence-corrected chi connectivity index (χ4v) is 1.72. The molecule has 17 heavy (non-hydrogen) atoms. The van der Waals surface area contributed by atoms with Gasteiger partial charge in [-0.3, -0.25) is 0 Å². The molecule has 90 valence electrons. The van der Waals surface area contributed by atoms with Crippen molar-refractivity contribution < 1.29 is 4.68 Å². The Balaban J connectivity index is 2.38. The Morgan fingerprint density at radius 2 is 2.18 bits per heavy atom. The monoisotopic (exact) mass is 231 g/mol. The topological polar surface area (TPSA) is 45.5 Å². The number of aromatic amines is 1. The molecule has 2 aromatic rings. The Labute approximate surface area is 102 Å². The zero-order valence-corrected chi connectivity index (χ0v) is 10.9. The van der Waals surface area contributed by atoms with Gasteiger partial charge in [0, 0.05) is 11.5 Å². The number of H-pyrrole nitrogens is 1. The molecule has 0 aliphatic rings. The largest absolute Gasteiger partial charge is 0.274 e. The fraction of sp³-hybridized carbons (Fsp3) is 0.462. The van der Waals surface area contributed by atoms with Gasteiger partial charge in [0.2, 0.25) is 6.20 Å². The second-order valence-corrected chi connectivity index (χ2v) is 4.52. The van der Waals surface area contributed by atoms with E-state index in [9.17, 15) is 0 Å². The number of aromatic nitrogens is 4. The molecule has 0 bridgehead atoms. The lowest BCUT2D eigenvalue weighted by Crippen LogP contribution is -2.33. The molecule has 0 spiro atoms. The predicted octanol–water partition coefficient (Wildman–Crippen LogP) is 2.21. The van der Waals surface area contributed by atoms with Gasteiger partial charge in [-0.05, 0) is 20.3 Å². The fourth-order valence-electron chi connectivity index (χ4n) is 1.72. The molecule has 0 saturated heterocycles. The molecule has 0 saturated carbocycles. The summed E-state index contributed by atoms with van der Waals surface area (Å²) in [6.45, 7) is 8.38. The summed E-state index contributed by atoms with van der Waals surface area (Å²) in [6.07, 6.45) is 6.95. The Morgan fingerprint density at radius 3 is 2.71 bits per heavy atom. The first-order valence-corrected chi connectivity index (χ1v) is 6.02. The number of rotatable bonds is 3. The maximum Gasteiger partial charge on any atom is 0.274 e. The molecule has 4 heteroatoms. The van der Waals surface area contributed by atoms with Crippen LogP contribution >= 0.6 is 0 Å². The molecule has 1 unspecified atom stereocenters. The van der Waals surface area contributed by atoms with Gasteiger partial charge in [0.25, 0.3) is 5.69 Å². The van der Waals surface area contributed by atoms with E-state index in [1.165, 1.54) is 5.56 Å². The molecular formula is C13H19N4+. The van der Waals surface area contributed by atoms with Crippen LogP contribution < -0.4 is 4.68 Å². The van der Waals surface area contributed by atoms with Gasteiger partial charge in [-0.2, -0.15) is 5.10 Å². The minimum atomic E-state index is 0.415. The highest BCUT2D eigenvalue weighted by Crippen LogP contribution is 2.15. The van der Waals surface area contributed by atoms with Gasteiger partial charge in [0.05, 0.1) is 6.20 Å². The Bertz CT molecular complexity index is 516. The van der Waals surface area contributed by atoms with E-state index in [-0.39, 0.29) is 0 Å². The van der Waals surface area contributed by atoms with Crippen LogP contribution in [0, 0.1) is 13.8 Å². The maximum atomic E-state index is 4.58. The van der Waals surface area contributed by atoms with E-state index in [1.807, 2.05) is 30.2 Å². The van der Waals surface area contributed by atoms with Gasteiger partial charge >= 0.3 is 0 Å². The van der Waals surface area contributed by atoms with Gasteiger partial charge in [0.1, 0.15) is 17.7 Å². The average molecular weight is 231 g/mol. The Morgan fingerprint density at radius 1 is 1.41 bits per heavy atom. The summed E-state index contributed by atoms with van der Waals surface area (Å²) < 4.78 is 1.95. The zero-order valence-electron chi connectivity index (χ0n) is 10.9. The van der Waals surface area contributed by atoms with Crippen molar-refractivity contribution in [3.05, 3.63) is 35.7 Å². The summed E-state index contributed by atoms with van der Waals surface area (Å²) in [5.74, 6) is 1.34. The van der Waals surface area contributed by atoms with Crippen molar-refractivity contribution in [3.63, 3.8) is 0 Å². The van der Waals surface area contributed by atoms with Gasteiger partial charge in [-0.25, -0.2) is 9.97 Å². The second-order valence-electron chi connectivity index (χ2n) is 4.52. The highest BCUT2D eigenvalue weighted by molar-refractivity contribution is 5.24. The van der Waals surface area contributed by atoms with Crippen LogP contribution in [-0.2, 0) is 0 Å². The number of hydrogen-bond acceptors (Lipinski definition) is 2. The molecule has 0 radical (unpaired) electrons. The first-order valence-electron chi connectivity index (χ1n) is 6.02. The Kier molecular flexibility index (Phi) is 3.22. The molecular weight excluding hydrogens is 212 g/mol. The van der Waals surface area contributed by atoms with Crippen molar-refractivity contribution in [3.8, 4) is 5.69 Å². The molecule has 0 aliphatic heterocycles. The molecule has 2 heterocycles. The van der Waals surface area contributed by atoms with Crippen LogP contribution in [0.4, 0.5) is 0 Å². The molecule has 0 amide bonds. The first kappa shape index (κ1) is 11.8. The van der Waals surface area contributed by atoms with E-state index in [0.29, 0.717) is 5.92 Å². The van der Waals surface area contributed by atoms with E-state index in [2.05, 4.69) is 35.8 Å². The third-order valence-electron chi connectivity index (χ3n) is 3.05. The molecule has 1 atom stereocenters. The summed E-state index contributed by atoms with van der Waals surface area (Å²) >= 11 is 0. The van der Waals surface area contributed by atoms with Crippen LogP contribution in [-0.4, -0.2) is 15.1 Å². The van der Waals surface area contributed by atoms with Gasteiger partial charge in [0.15, 0.2) is 0 Å².